The molecule has 2 unspecified atom stereocenters. The summed E-state index contributed by atoms with van der Waals surface area (Å²) in [6.45, 7) is 8.05. The lowest BCUT2D eigenvalue weighted by Gasteiger charge is -2.19. The van der Waals surface area contributed by atoms with Gasteiger partial charge in [0.05, 0.1) is 0 Å². The van der Waals surface area contributed by atoms with Crippen LogP contribution in [0.1, 0.15) is 37.3 Å². The highest BCUT2D eigenvalue weighted by molar-refractivity contribution is 6.20. The fraction of sp³-hybridized carbons (Fsp3) is 0.385. The zero-order valence-electron chi connectivity index (χ0n) is 8.83. The monoisotopic (exact) mass is 208 g/mol. The van der Waals surface area contributed by atoms with Gasteiger partial charge in [-0.1, -0.05) is 43.8 Å². The van der Waals surface area contributed by atoms with Crippen molar-refractivity contribution in [3.8, 4) is 0 Å². The molecule has 0 saturated carbocycles. The van der Waals surface area contributed by atoms with E-state index >= 15 is 0 Å². The number of hydrogen-bond acceptors (Lipinski definition) is 0. The highest BCUT2D eigenvalue weighted by Gasteiger charge is 2.16. The zero-order valence-corrected chi connectivity index (χ0v) is 9.59. The van der Waals surface area contributed by atoms with Crippen LogP contribution in [0.15, 0.2) is 30.8 Å². The van der Waals surface area contributed by atoms with Gasteiger partial charge in [-0.25, -0.2) is 0 Å². The topological polar surface area (TPSA) is 0 Å². The molecule has 0 aliphatic rings. The molecular formula is C13H17Cl. The van der Waals surface area contributed by atoms with Crippen LogP contribution in [0.4, 0.5) is 0 Å². The molecule has 0 bridgehead atoms. The second kappa shape index (κ2) is 5.21. The molecule has 76 valence electrons. The molecule has 1 heteroatoms. The highest BCUT2D eigenvalue weighted by Crippen LogP contribution is 2.29. The Hall–Kier alpha value is -0.750. The first-order valence-electron chi connectivity index (χ1n) is 5.06. The number of hydrogen-bond donors (Lipinski definition) is 0. The number of rotatable bonds is 4. The lowest BCUT2D eigenvalue weighted by atomic mass is 9.90. The summed E-state index contributed by atoms with van der Waals surface area (Å²) in [7, 11) is 0. The largest absolute Gasteiger partial charge is 0.123 e. The summed E-state index contributed by atoms with van der Waals surface area (Å²) in [6.07, 6.45) is 2.97. The van der Waals surface area contributed by atoms with Crippen LogP contribution in [0.2, 0.25) is 0 Å². The van der Waals surface area contributed by atoms with Crippen molar-refractivity contribution >= 4 is 17.7 Å². The Morgan fingerprint density at radius 2 is 2.07 bits per heavy atom. The molecule has 1 aromatic carbocycles. The summed E-state index contributed by atoms with van der Waals surface area (Å²) in [5.74, 6) is 0.422. The van der Waals surface area contributed by atoms with Gasteiger partial charge in [-0.15, -0.1) is 11.6 Å². The summed E-state index contributed by atoms with van der Waals surface area (Å²) in [4.78, 5) is 0. The molecule has 2 atom stereocenters. The molecule has 0 saturated heterocycles. The lowest BCUT2D eigenvalue weighted by Crippen LogP contribution is -2.09. The molecule has 0 nitrogen and oxygen atoms in total. The molecule has 0 N–H and O–H groups in total. The van der Waals surface area contributed by atoms with Crippen molar-refractivity contribution < 1.29 is 0 Å². The predicted molar refractivity (Wildman–Crippen MR) is 64.9 cm³/mol. The summed E-state index contributed by atoms with van der Waals surface area (Å²) < 4.78 is 0. The molecule has 0 aromatic heterocycles. The van der Waals surface area contributed by atoms with Crippen molar-refractivity contribution in [1.82, 2.24) is 0 Å². The first kappa shape index (κ1) is 11.3. The van der Waals surface area contributed by atoms with E-state index in [1.807, 2.05) is 12.1 Å². The van der Waals surface area contributed by atoms with Gasteiger partial charge in [0.15, 0.2) is 0 Å². The van der Waals surface area contributed by atoms with E-state index in [0.29, 0.717) is 5.92 Å². The molecule has 1 rings (SSSR count). The molecule has 0 radical (unpaired) electrons. The van der Waals surface area contributed by atoms with Gasteiger partial charge in [-0.2, -0.15) is 0 Å². The zero-order chi connectivity index (χ0) is 10.6. The van der Waals surface area contributed by atoms with E-state index in [9.17, 15) is 0 Å². The number of alkyl halides is 1. The normalized spacial score (nSPS) is 14.8. The third-order valence-electron chi connectivity index (χ3n) is 2.61. The fourth-order valence-electron chi connectivity index (χ4n) is 1.83. The van der Waals surface area contributed by atoms with E-state index in [4.69, 9.17) is 11.6 Å². The van der Waals surface area contributed by atoms with E-state index < -0.39 is 0 Å². The van der Waals surface area contributed by atoms with Gasteiger partial charge >= 0.3 is 0 Å². The van der Waals surface area contributed by atoms with Crippen molar-refractivity contribution in [2.24, 2.45) is 0 Å². The van der Waals surface area contributed by atoms with Crippen LogP contribution >= 0.6 is 11.6 Å². The Morgan fingerprint density at radius 3 is 2.57 bits per heavy atom. The Bertz CT molecular complexity index is 302. The molecule has 0 aliphatic carbocycles. The summed E-state index contributed by atoms with van der Waals surface area (Å²) in [6, 6.07) is 8.32. The van der Waals surface area contributed by atoms with E-state index in [-0.39, 0.29) is 5.38 Å². The van der Waals surface area contributed by atoms with E-state index in [1.165, 1.54) is 11.1 Å². The van der Waals surface area contributed by atoms with Gasteiger partial charge in [0.25, 0.3) is 0 Å². The lowest BCUT2D eigenvalue weighted by molar-refractivity contribution is 0.648. The number of halogens is 1. The van der Waals surface area contributed by atoms with E-state index in [1.54, 1.807) is 0 Å². The molecule has 0 spiro atoms. The standard InChI is InChI=1S/C13H17Cl/c1-4-11-8-6-7-9-13(11)12(5-2)10(3)14/h4,6-10,12H,1,5H2,2-3H3. The van der Waals surface area contributed by atoms with Crippen LogP contribution in [0, 0.1) is 0 Å². The average molecular weight is 209 g/mol. The van der Waals surface area contributed by atoms with Crippen LogP contribution in [-0.4, -0.2) is 5.38 Å². The van der Waals surface area contributed by atoms with Gasteiger partial charge in [0, 0.05) is 11.3 Å². The van der Waals surface area contributed by atoms with Crippen molar-refractivity contribution in [3.05, 3.63) is 42.0 Å². The van der Waals surface area contributed by atoms with Gasteiger partial charge in [0.1, 0.15) is 0 Å². The minimum Gasteiger partial charge on any atom is -0.123 e. The summed E-state index contributed by atoms with van der Waals surface area (Å²) in [5, 5.41) is 0.168. The highest BCUT2D eigenvalue weighted by atomic mass is 35.5. The van der Waals surface area contributed by atoms with E-state index in [0.717, 1.165) is 6.42 Å². The molecule has 0 fully saturated rings. The predicted octanol–water partition coefficient (Wildman–Crippen LogP) is 4.45. The maximum atomic E-state index is 6.17. The summed E-state index contributed by atoms with van der Waals surface area (Å²) in [5.41, 5.74) is 2.51. The Kier molecular flexibility index (Phi) is 4.21. The minimum absolute atomic E-state index is 0.168. The van der Waals surface area contributed by atoms with Crippen molar-refractivity contribution in [3.63, 3.8) is 0 Å². The van der Waals surface area contributed by atoms with Crippen LogP contribution in [0.3, 0.4) is 0 Å². The second-order valence-corrected chi connectivity index (χ2v) is 4.21. The molecular weight excluding hydrogens is 192 g/mol. The molecule has 14 heavy (non-hydrogen) atoms. The van der Waals surface area contributed by atoms with Gasteiger partial charge in [-0.3, -0.25) is 0 Å². The Balaban J connectivity index is 3.08. The minimum atomic E-state index is 0.168. The second-order valence-electron chi connectivity index (χ2n) is 3.53. The summed E-state index contributed by atoms with van der Waals surface area (Å²) >= 11 is 6.17. The number of benzene rings is 1. The van der Waals surface area contributed by atoms with Crippen LogP contribution < -0.4 is 0 Å². The van der Waals surface area contributed by atoms with Crippen molar-refractivity contribution in [2.75, 3.05) is 0 Å². The maximum absolute atomic E-state index is 6.17. The first-order valence-corrected chi connectivity index (χ1v) is 5.49. The average Bonchev–Trinajstić information content (AvgIpc) is 2.19. The SMILES string of the molecule is C=Cc1ccccc1C(CC)C(C)Cl. The van der Waals surface area contributed by atoms with Crippen molar-refractivity contribution in [1.29, 1.82) is 0 Å². The quantitative estimate of drug-likeness (QED) is 0.642. The van der Waals surface area contributed by atoms with Crippen LogP contribution in [0.5, 0.6) is 0 Å². The van der Waals surface area contributed by atoms with Crippen molar-refractivity contribution in [2.45, 2.75) is 31.6 Å². The Labute approximate surface area is 91.6 Å². The third kappa shape index (κ3) is 2.39. The molecule has 1 aromatic rings. The maximum Gasteiger partial charge on any atom is 0.0376 e. The first-order chi connectivity index (χ1) is 6.70. The van der Waals surface area contributed by atoms with E-state index in [2.05, 4.69) is 38.6 Å². The third-order valence-corrected chi connectivity index (χ3v) is 2.91. The molecule has 0 amide bonds. The van der Waals surface area contributed by atoms with Gasteiger partial charge < -0.3 is 0 Å². The fourth-order valence-corrected chi connectivity index (χ4v) is 2.14. The smallest absolute Gasteiger partial charge is 0.0376 e. The van der Waals surface area contributed by atoms with Crippen LogP contribution in [0.25, 0.3) is 6.08 Å². The molecule has 0 aliphatic heterocycles. The Morgan fingerprint density at radius 1 is 1.43 bits per heavy atom. The van der Waals surface area contributed by atoms with Gasteiger partial charge in [-0.05, 0) is 24.5 Å². The van der Waals surface area contributed by atoms with Crippen LogP contribution in [-0.2, 0) is 0 Å². The molecule has 0 heterocycles. The van der Waals surface area contributed by atoms with Gasteiger partial charge in [0.2, 0.25) is 0 Å².